The van der Waals surface area contributed by atoms with Gasteiger partial charge in [-0.1, -0.05) is 254 Å². The number of likely N-dealkylation sites (N-methyl/N-ethyl adjacent to an activating group) is 1. The van der Waals surface area contributed by atoms with Crippen LogP contribution in [0.15, 0.2) is 340 Å². The number of ketones is 13. The fourth-order valence-corrected chi connectivity index (χ4v) is 19.3. The number of para-hydroxylation sites is 4. The third-order valence-electron chi connectivity index (χ3n) is 24.9. The van der Waals surface area contributed by atoms with E-state index in [1.807, 2.05) is 113 Å². The normalized spacial score (nSPS) is 14.8. The van der Waals surface area contributed by atoms with E-state index in [9.17, 15) is 75.3 Å². The molecule has 0 amide bonds. The van der Waals surface area contributed by atoms with Gasteiger partial charge in [0, 0.05) is 149 Å². The van der Waals surface area contributed by atoms with Gasteiger partial charge in [-0.2, -0.15) is 0 Å². The second-order valence-corrected chi connectivity index (χ2v) is 36.0. The van der Waals surface area contributed by atoms with Crippen molar-refractivity contribution in [2.75, 3.05) is 84.3 Å². The van der Waals surface area contributed by atoms with Crippen LogP contribution in [0.2, 0.25) is 0 Å². The van der Waals surface area contributed by atoms with E-state index in [1.54, 1.807) is 171 Å². The number of fused-ring (bicyclic) bond motifs is 11. The number of ether oxygens (including phenoxy) is 3. The standard InChI is InChI=1S/C22H13NO2S.C22H13NO2.C18H23N2O2.C18H14O5S.C18H22O5.C14H12O3.4CH4.Na/c24-19-13-18(22(25)15-8-2-1-7-14(15)19)23-16-9-3-5-11-20(16)26-21-12-6-4-10-17(21)23;24-21-13-20(22(25)17-10-2-1-9-16(17)21)23-18-11-5-3-7-14(18)15-8-4-6-12-19(15)23;1-3-20(4-2)11-9-19(10-12-20)16-13-17(21)14-7-5-6-8-15(14)18(16)22;1-11-6-12(9-14(7-11)24(21,22)23)8-13-10-17(19)15-4-2-3-5-16(15)18(13)20;1-21-9-10-23-12-11-22-8-4-5-14-13-17(19)15-6-2-3-7-16(15)18(14)20;1-9(15)6-7-10-8-13(16)11-4-2-3-5-12(11)14(10)17;;;;;/h1-13H;1-13H;5-8,13H,3-4,9-12H2,1-2H3;2-7,9-10H,8H2,1H3,(H,21,22,23);2-3,6-7,13H,4-5,8-12H2,1H3;2-5,8H,6-7H2,1H3;4*1H4;/q;;+1;;;;;;;;+1/p-1. The molecule has 1 saturated heterocycles. The Morgan fingerprint density at radius 2 is 0.732 bits per heavy atom. The van der Waals surface area contributed by atoms with Gasteiger partial charge in [-0.3, -0.25) is 57.5 Å². The Morgan fingerprint density at radius 3 is 1.15 bits per heavy atom. The molecule has 0 unspecified atom stereocenters. The van der Waals surface area contributed by atoms with Gasteiger partial charge in [-0.15, -0.1) is 0 Å². The fourth-order valence-electron chi connectivity index (χ4n) is 17.6. The number of methoxy groups -OCH3 is 1. The molecular formula is C116H112N4NaO19S2+. The summed E-state index contributed by atoms with van der Waals surface area (Å²) >= 11 is 1.67. The van der Waals surface area contributed by atoms with Crippen molar-refractivity contribution in [1.82, 2.24) is 9.47 Å². The molecule has 2 aliphatic heterocycles. The number of aromatic nitrogens is 1. The van der Waals surface area contributed by atoms with Gasteiger partial charge in [0.2, 0.25) is 17.3 Å². The minimum absolute atomic E-state index is 0. The van der Waals surface area contributed by atoms with E-state index < -0.39 is 10.1 Å². The van der Waals surface area contributed by atoms with Gasteiger partial charge in [0.05, 0.1) is 110 Å². The van der Waals surface area contributed by atoms with Crippen LogP contribution in [0.1, 0.15) is 212 Å². The van der Waals surface area contributed by atoms with Crippen molar-refractivity contribution in [3.63, 3.8) is 0 Å². The maximum Gasteiger partial charge on any atom is 1.00 e. The van der Waals surface area contributed by atoms with Gasteiger partial charge in [-0.25, -0.2) is 8.42 Å². The number of hydrogen-bond donors (Lipinski definition) is 0. The van der Waals surface area contributed by atoms with Crippen molar-refractivity contribution in [2.24, 2.45) is 0 Å². The van der Waals surface area contributed by atoms with Crippen LogP contribution in [0, 0.1) is 6.92 Å². The molecule has 0 atom stereocenters. The summed E-state index contributed by atoms with van der Waals surface area (Å²) in [6.45, 7) is 16.3. The summed E-state index contributed by atoms with van der Waals surface area (Å²) in [4.78, 5) is 166. The van der Waals surface area contributed by atoms with Crippen LogP contribution in [0.3, 0.4) is 0 Å². The van der Waals surface area contributed by atoms with Crippen molar-refractivity contribution in [3.05, 3.63) is 403 Å². The smallest absolute Gasteiger partial charge is 0.744 e. The molecule has 3 heterocycles. The number of benzene rings is 11. The molecule has 0 N–H and O–H groups in total. The second-order valence-electron chi connectivity index (χ2n) is 33.5. The quantitative estimate of drug-likeness (QED) is 0.0279. The Labute approximate surface area is 854 Å². The van der Waals surface area contributed by atoms with E-state index in [-0.39, 0.29) is 151 Å². The number of carbonyl (C=O) groups is 13. The molecule has 0 bridgehead atoms. The molecule has 12 aromatic rings. The summed E-state index contributed by atoms with van der Waals surface area (Å²) < 4.78 is 52.3. The summed E-state index contributed by atoms with van der Waals surface area (Å²) in [5, 5.41) is 2.14. The maximum atomic E-state index is 13.2. The van der Waals surface area contributed by atoms with E-state index in [2.05, 4.69) is 18.7 Å². The summed E-state index contributed by atoms with van der Waals surface area (Å²) in [6.07, 6.45) is 10.5. The SMILES string of the molecule is C.C.C.C.CC(=O)CCC1=CC(=O)c2ccccc2C1=O.CC[N+]1(CC)CCN(C2=CC(=O)c3ccccc3C2=O)CC1.COCCOCCOCCCC1=CC(=O)c2ccccc2C1=O.Cc1cc(CC2=CC(=O)c3ccccc3C2=O)cc(S(=O)(=O)[O-])c1.O=C1C=C(N2c3ccccc3Sc3ccccc32)C(=O)c2ccccc21.O=C1C=C(n2c3ccccc3c3ccccc32)C(=O)c2ccccc21.[Na+]. The average molecular weight is 1950 g/mol. The molecule has 142 heavy (non-hydrogen) atoms. The third-order valence-corrected chi connectivity index (χ3v) is 26.8. The fraction of sp³-hybridized carbons (Fsp3) is 0.216. The second kappa shape index (κ2) is 49.5. The van der Waals surface area contributed by atoms with Crippen LogP contribution < -0.4 is 34.5 Å². The molecule has 722 valence electrons. The number of anilines is 2. The average Bonchev–Trinajstić information content (AvgIpc) is 1.62. The Bertz CT molecular complexity index is 7180. The number of quaternary nitrogens is 1. The Hall–Kier alpha value is -13.9. The van der Waals surface area contributed by atoms with Crippen molar-refractivity contribution in [1.29, 1.82) is 0 Å². The van der Waals surface area contributed by atoms with E-state index in [1.165, 1.54) is 55.5 Å². The Kier molecular flexibility index (Phi) is 38.3. The molecule has 6 aliphatic carbocycles. The Morgan fingerprint density at radius 1 is 0.394 bits per heavy atom. The minimum atomic E-state index is -4.58. The predicted octanol–water partition coefficient (Wildman–Crippen LogP) is 18.9. The first-order valence-corrected chi connectivity index (χ1v) is 47.2. The van der Waals surface area contributed by atoms with Gasteiger partial charge >= 0.3 is 29.6 Å². The zero-order valence-electron chi connectivity index (χ0n) is 77.0. The number of rotatable bonds is 21. The first kappa shape index (κ1) is 110. The molecule has 0 saturated carbocycles. The van der Waals surface area contributed by atoms with E-state index in [4.69, 9.17) is 14.2 Å². The van der Waals surface area contributed by atoms with Crippen LogP contribution in [-0.2, 0) is 35.5 Å². The van der Waals surface area contributed by atoms with Crippen molar-refractivity contribution in [2.45, 2.75) is 104 Å². The number of Topliss-reactive ketones (excluding diaryl/α,β-unsaturated/α-hetero) is 7. The van der Waals surface area contributed by atoms with Crippen molar-refractivity contribution < 1.29 is 124 Å². The van der Waals surface area contributed by atoms with Crippen molar-refractivity contribution >= 4 is 136 Å². The number of nitrogens with zero attached hydrogens (tertiary/aromatic N) is 4. The van der Waals surface area contributed by atoms with Crippen LogP contribution in [0.5, 0.6) is 0 Å². The topological polar surface area (TPSA) is 318 Å². The maximum absolute atomic E-state index is 13.2. The Balaban J connectivity index is 0.000000175. The minimum Gasteiger partial charge on any atom is -0.744 e. The molecule has 0 radical (unpaired) electrons. The predicted molar refractivity (Wildman–Crippen MR) is 549 cm³/mol. The van der Waals surface area contributed by atoms with Gasteiger partial charge in [-0.05, 0) is 125 Å². The zero-order chi connectivity index (χ0) is 96.8. The number of aryl methyl sites for hydroxylation is 1. The van der Waals surface area contributed by atoms with E-state index >= 15 is 0 Å². The van der Waals surface area contributed by atoms with Crippen LogP contribution >= 0.6 is 11.8 Å². The van der Waals surface area contributed by atoms with Gasteiger partial charge in [0.25, 0.3) is 0 Å². The third kappa shape index (κ3) is 24.4. The largest absolute Gasteiger partial charge is 1.00 e. The molecule has 8 aliphatic rings. The first-order valence-electron chi connectivity index (χ1n) is 45.0. The van der Waals surface area contributed by atoms with Crippen LogP contribution in [0.4, 0.5) is 11.4 Å². The molecular weight excluding hydrogens is 1840 g/mol. The molecule has 1 aromatic heterocycles. The molecule has 0 spiro atoms. The molecule has 20 rings (SSSR count). The number of piperazine rings is 1. The summed E-state index contributed by atoms with van der Waals surface area (Å²) in [5.41, 5.74) is 13.0. The van der Waals surface area contributed by atoms with E-state index in [0.717, 1.165) is 86.7 Å². The van der Waals surface area contributed by atoms with Gasteiger partial charge in [0.1, 0.15) is 15.9 Å². The van der Waals surface area contributed by atoms with Crippen molar-refractivity contribution in [3.8, 4) is 0 Å². The summed E-state index contributed by atoms with van der Waals surface area (Å²) in [6, 6.07) is 77.4. The van der Waals surface area contributed by atoms with Crippen LogP contribution in [0.25, 0.3) is 27.5 Å². The van der Waals surface area contributed by atoms with Gasteiger partial charge in [0.15, 0.2) is 52.0 Å². The molecule has 11 aromatic carbocycles. The first-order chi connectivity index (χ1) is 66.2. The summed E-state index contributed by atoms with van der Waals surface area (Å²) in [7, 11) is -2.95. The molecule has 26 heteroatoms. The van der Waals surface area contributed by atoms with E-state index in [0.29, 0.717) is 165 Å². The number of hydrogen-bond acceptors (Lipinski definition) is 22. The van der Waals surface area contributed by atoms with Gasteiger partial charge < -0.3 is 42.4 Å². The molecule has 1 fully saturated rings. The monoisotopic (exact) mass is 1950 g/mol. The molecule has 23 nitrogen and oxygen atoms in total. The summed E-state index contributed by atoms with van der Waals surface area (Å²) in [5.74, 6) is -1.53. The number of allylic oxidation sites excluding steroid dienone is 12. The van der Waals surface area contributed by atoms with Crippen LogP contribution in [-0.4, -0.2) is 182 Å². The zero-order valence-corrected chi connectivity index (χ0v) is 80.6. The number of carbonyl (C=O) groups excluding carboxylic acids is 13.